The maximum Gasteiger partial charge on any atom is 0.325 e. The molecule has 0 atom stereocenters. The Morgan fingerprint density at radius 3 is 2.19 bits per heavy atom. The molecule has 2 N–H and O–H groups in total. The highest BCUT2D eigenvalue weighted by atomic mass is 16.5. The number of imide groups is 1. The van der Waals surface area contributed by atoms with Gasteiger partial charge in [0.05, 0.1) is 21.3 Å². The molecule has 0 spiro atoms. The van der Waals surface area contributed by atoms with Crippen LogP contribution in [0.5, 0.6) is 17.2 Å². The SMILES string of the molecule is COc1cc(CCC(=O)OCC(=O)NC(=O)Nc2cccc(C)c2C)cc(OC)c1OC. The van der Waals surface area contributed by atoms with Gasteiger partial charge in [-0.25, -0.2) is 4.79 Å². The molecule has 0 aliphatic heterocycles. The Kier molecular flexibility index (Phi) is 8.88. The number of anilines is 1. The van der Waals surface area contributed by atoms with Gasteiger partial charge in [0.1, 0.15) is 0 Å². The van der Waals surface area contributed by atoms with Crippen LogP contribution in [0, 0.1) is 13.8 Å². The Balaban J connectivity index is 1.82. The molecule has 0 heterocycles. The molecule has 0 saturated heterocycles. The minimum atomic E-state index is -0.728. The number of amides is 3. The van der Waals surface area contributed by atoms with E-state index in [-0.39, 0.29) is 6.42 Å². The van der Waals surface area contributed by atoms with Crippen molar-refractivity contribution < 1.29 is 33.3 Å². The van der Waals surface area contributed by atoms with Gasteiger partial charge in [0.2, 0.25) is 5.75 Å². The highest BCUT2D eigenvalue weighted by Gasteiger charge is 2.15. The van der Waals surface area contributed by atoms with Crippen LogP contribution >= 0.6 is 0 Å². The summed E-state index contributed by atoms with van der Waals surface area (Å²) >= 11 is 0. The van der Waals surface area contributed by atoms with Crippen LogP contribution < -0.4 is 24.8 Å². The number of hydrogen-bond donors (Lipinski definition) is 2. The van der Waals surface area contributed by atoms with Crippen molar-refractivity contribution >= 4 is 23.6 Å². The van der Waals surface area contributed by atoms with E-state index >= 15 is 0 Å². The van der Waals surface area contributed by atoms with Gasteiger partial charge in [-0.3, -0.25) is 14.9 Å². The number of carbonyl (C=O) groups excluding carboxylic acids is 3. The number of carbonyl (C=O) groups is 3. The minimum Gasteiger partial charge on any atom is -0.493 e. The third kappa shape index (κ3) is 6.63. The molecule has 172 valence electrons. The van der Waals surface area contributed by atoms with Crippen molar-refractivity contribution in [2.75, 3.05) is 33.3 Å². The lowest BCUT2D eigenvalue weighted by atomic mass is 10.1. The molecule has 2 aromatic carbocycles. The van der Waals surface area contributed by atoms with Crippen LogP contribution in [0.25, 0.3) is 0 Å². The second-order valence-corrected chi connectivity index (χ2v) is 6.94. The molecule has 9 nitrogen and oxygen atoms in total. The smallest absolute Gasteiger partial charge is 0.325 e. The second-order valence-electron chi connectivity index (χ2n) is 6.94. The molecule has 2 rings (SSSR count). The minimum absolute atomic E-state index is 0.0284. The van der Waals surface area contributed by atoms with E-state index in [0.29, 0.717) is 29.4 Å². The Morgan fingerprint density at radius 1 is 0.938 bits per heavy atom. The number of esters is 1. The molecule has 3 amide bonds. The predicted molar refractivity (Wildman–Crippen MR) is 118 cm³/mol. The molecule has 0 unspecified atom stereocenters. The number of rotatable bonds is 9. The van der Waals surface area contributed by atoms with E-state index in [2.05, 4.69) is 10.6 Å². The summed E-state index contributed by atoms with van der Waals surface area (Å²) in [5, 5.41) is 4.74. The van der Waals surface area contributed by atoms with Crippen LogP contribution in [0.3, 0.4) is 0 Å². The summed E-state index contributed by atoms with van der Waals surface area (Å²) in [6.07, 6.45) is 0.366. The van der Waals surface area contributed by atoms with Crippen LogP contribution in [-0.4, -0.2) is 45.8 Å². The van der Waals surface area contributed by atoms with Crippen molar-refractivity contribution in [2.45, 2.75) is 26.7 Å². The van der Waals surface area contributed by atoms with Gasteiger partial charge in [-0.1, -0.05) is 12.1 Å². The topological polar surface area (TPSA) is 112 Å². The number of nitrogens with one attached hydrogen (secondary N) is 2. The molecule has 0 radical (unpaired) electrons. The van der Waals surface area contributed by atoms with E-state index in [1.54, 1.807) is 24.3 Å². The Hall–Kier alpha value is -3.75. The van der Waals surface area contributed by atoms with Crippen LogP contribution in [0.4, 0.5) is 10.5 Å². The van der Waals surface area contributed by atoms with Crippen LogP contribution in [0.1, 0.15) is 23.1 Å². The van der Waals surface area contributed by atoms with Gasteiger partial charge in [-0.2, -0.15) is 0 Å². The van der Waals surface area contributed by atoms with Gasteiger partial charge in [-0.15, -0.1) is 0 Å². The molecule has 9 heteroatoms. The summed E-state index contributed by atoms with van der Waals surface area (Å²) in [6.45, 7) is 3.22. The lowest BCUT2D eigenvalue weighted by Gasteiger charge is -2.14. The fourth-order valence-electron chi connectivity index (χ4n) is 2.95. The van der Waals surface area contributed by atoms with Crippen molar-refractivity contribution in [2.24, 2.45) is 0 Å². The van der Waals surface area contributed by atoms with Gasteiger partial charge >= 0.3 is 12.0 Å². The quantitative estimate of drug-likeness (QED) is 0.572. The predicted octanol–water partition coefficient (Wildman–Crippen LogP) is 3.15. The molecule has 32 heavy (non-hydrogen) atoms. The monoisotopic (exact) mass is 444 g/mol. The molecule has 0 saturated carbocycles. The Morgan fingerprint density at radius 2 is 1.59 bits per heavy atom. The Bertz CT molecular complexity index is 963. The fourth-order valence-corrected chi connectivity index (χ4v) is 2.95. The number of urea groups is 1. The number of aryl methyl sites for hydroxylation is 2. The number of methoxy groups -OCH3 is 3. The number of hydrogen-bond acceptors (Lipinski definition) is 7. The Labute approximate surface area is 187 Å². The summed E-state index contributed by atoms with van der Waals surface area (Å²) in [5.41, 5.74) is 3.27. The standard InChI is InChI=1S/C23H28N2O7/c1-14-7-6-8-17(15(14)2)24-23(28)25-20(26)13-32-21(27)10-9-16-11-18(29-3)22(31-5)19(12-16)30-4/h6-8,11-12H,9-10,13H2,1-5H3,(H2,24,25,26,28). The third-order valence-electron chi connectivity index (χ3n) is 4.81. The summed E-state index contributed by atoms with van der Waals surface area (Å²) in [5.74, 6) is 0.101. The third-order valence-corrected chi connectivity index (χ3v) is 4.81. The molecular weight excluding hydrogens is 416 g/mol. The van der Waals surface area contributed by atoms with Gasteiger partial charge < -0.3 is 24.3 Å². The zero-order valence-corrected chi connectivity index (χ0v) is 18.9. The first-order valence-corrected chi connectivity index (χ1v) is 9.90. The molecule has 0 fully saturated rings. The summed E-state index contributed by atoms with van der Waals surface area (Å²) in [4.78, 5) is 35.9. The van der Waals surface area contributed by atoms with E-state index in [1.807, 2.05) is 19.9 Å². The van der Waals surface area contributed by atoms with Crippen LogP contribution in [-0.2, 0) is 20.7 Å². The van der Waals surface area contributed by atoms with Crippen molar-refractivity contribution in [1.29, 1.82) is 0 Å². The van der Waals surface area contributed by atoms with Gasteiger partial charge in [0, 0.05) is 12.1 Å². The lowest BCUT2D eigenvalue weighted by molar-refractivity contribution is -0.148. The average Bonchev–Trinajstić information content (AvgIpc) is 2.78. The summed E-state index contributed by atoms with van der Waals surface area (Å²) in [7, 11) is 4.51. The van der Waals surface area contributed by atoms with Gasteiger partial charge in [0.25, 0.3) is 5.91 Å². The second kappa shape index (κ2) is 11.6. The largest absolute Gasteiger partial charge is 0.493 e. The maximum absolute atomic E-state index is 12.0. The zero-order chi connectivity index (χ0) is 23.7. The molecule has 0 bridgehead atoms. The van der Waals surface area contributed by atoms with Crippen LogP contribution in [0.15, 0.2) is 30.3 Å². The molecule has 0 aliphatic carbocycles. The van der Waals surface area contributed by atoms with E-state index in [4.69, 9.17) is 18.9 Å². The first kappa shape index (κ1) is 24.5. The van der Waals surface area contributed by atoms with Crippen LogP contribution in [0.2, 0.25) is 0 Å². The van der Waals surface area contributed by atoms with Crippen molar-refractivity contribution in [3.8, 4) is 17.2 Å². The van der Waals surface area contributed by atoms with E-state index < -0.39 is 24.5 Å². The number of benzene rings is 2. The fraction of sp³-hybridized carbons (Fsp3) is 0.348. The van der Waals surface area contributed by atoms with E-state index in [1.165, 1.54) is 21.3 Å². The van der Waals surface area contributed by atoms with E-state index in [9.17, 15) is 14.4 Å². The number of ether oxygens (including phenoxy) is 4. The zero-order valence-electron chi connectivity index (χ0n) is 18.9. The first-order chi connectivity index (χ1) is 15.3. The van der Waals surface area contributed by atoms with Crippen molar-refractivity contribution in [1.82, 2.24) is 5.32 Å². The van der Waals surface area contributed by atoms with Gasteiger partial charge in [0.15, 0.2) is 18.1 Å². The normalized spacial score (nSPS) is 10.2. The highest BCUT2D eigenvalue weighted by Crippen LogP contribution is 2.38. The summed E-state index contributed by atoms with van der Waals surface area (Å²) < 4.78 is 20.8. The molecule has 0 aromatic heterocycles. The maximum atomic E-state index is 12.0. The average molecular weight is 444 g/mol. The molecule has 2 aromatic rings. The van der Waals surface area contributed by atoms with Crippen molar-refractivity contribution in [3.63, 3.8) is 0 Å². The molecule has 0 aliphatic rings. The van der Waals surface area contributed by atoms with Crippen molar-refractivity contribution in [3.05, 3.63) is 47.0 Å². The highest BCUT2D eigenvalue weighted by molar-refractivity contribution is 6.02. The summed E-state index contributed by atoms with van der Waals surface area (Å²) in [6, 6.07) is 8.22. The van der Waals surface area contributed by atoms with E-state index in [0.717, 1.165) is 16.7 Å². The first-order valence-electron chi connectivity index (χ1n) is 9.90. The molecular formula is C23H28N2O7. The van der Waals surface area contributed by atoms with Gasteiger partial charge in [-0.05, 0) is 55.2 Å². The lowest BCUT2D eigenvalue weighted by Crippen LogP contribution is -2.37.